The molecule has 1 amide bonds. The molecule has 1 rings (SSSR count). The first-order valence-electron chi connectivity index (χ1n) is 5.23. The molecule has 0 aromatic carbocycles. The van der Waals surface area contributed by atoms with E-state index < -0.39 is 6.04 Å². The molecule has 0 aliphatic heterocycles. The van der Waals surface area contributed by atoms with E-state index in [-0.39, 0.29) is 11.9 Å². The summed E-state index contributed by atoms with van der Waals surface area (Å²) in [5, 5.41) is 2.78. The molecule has 5 heteroatoms. The Hall–Kier alpha value is -1.33. The van der Waals surface area contributed by atoms with Gasteiger partial charge in [0.15, 0.2) is 0 Å². The highest BCUT2D eigenvalue weighted by molar-refractivity contribution is 5.81. The molecule has 1 aromatic rings. The highest BCUT2D eigenvalue weighted by Gasteiger charge is 2.17. The van der Waals surface area contributed by atoms with E-state index in [9.17, 15) is 4.79 Å². The van der Waals surface area contributed by atoms with E-state index in [2.05, 4.69) is 5.32 Å². The number of hydrogen-bond donors (Lipinski definition) is 2. The van der Waals surface area contributed by atoms with Crippen LogP contribution in [-0.2, 0) is 9.53 Å². The third-order valence-electron chi connectivity index (χ3n) is 2.30. The molecule has 16 heavy (non-hydrogen) atoms. The highest BCUT2D eigenvalue weighted by Crippen LogP contribution is 2.12. The largest absolute Gasteiger partial charge is 0.467 e. The van der Waals surface area contributed by atoms with Crippen molar-refractivity contribution in [3.05, 3.63) is 24.2 Å². The molecule has 0 aliphatic rings. The Morgan fingerprint density at radius 3 is 3.00 bits per heavy atom. The number of carbonyl (C=O) groups excluding carboxylic acids is 1. The van der Waals surface area contributed by atoms with Gasteiger partial charge in [-0.2, -0.15) is 0 Å². The lowest BCUT2D eigenvalue weighted by atomic mass is 10.2. The van der Waals surface area contributed by atoms with Gasteiger partial charge in [-0.1, -0.05) is 0 Å². The molecule has 1 heterocycles. The fraction of sp³-hybridized carbons (Fsp3) is 0.545. The zero-order valence-corrected chi connectivity index (χ0v) is 9.60. The number of methoxy groups -OCH3 is 1. The number of hydrogen-bond acceptors (Lipinski definition) is 4. The van der Waals surface area contributed by atoms with Crippen molar-refractivity contribution in [1.82, 2.24) is 5.32 Å². The van der Waals surface area contributed by atoms with Crippen molar-refractivity contribution in [3.63, 3.8) is 0 Å². The zero-order valence-electron chi connectivity index (χ0n) is 9.60. The van der Waals surface area contributed by atoms with Crippen LogP contribution in [0.15, 0.2) is 22.8 Å². The lowest BCUT2D eigenvalue weighted by molar-refractivity contribution is -0.123. The third-order valence-corrected chi connectivity index (χ3v) is 2.30. The van der Waals surface area contributed by atoms with Crippen LogP contribution in [0.2, 0.25) is 0 Å². The normalized spacial score (nSPS) is 14.4. The zero-order chi connectivity index (χ0) is 12.0. The maximum Gasteiger partial charge on any atom is 0.237 e. The van der Waals surface area contributed by atoms with Gasteiger partial charge in [0.2, 0.25) is 5.91 Å². The molecule has 3 N–H and O–H groups in total. The molecule has 1 unspecified atom stereocenters. The summed E-state index contributed by atoms with van der Waals surface area (Å²) in [4.78, 5) is 11.6. The topological polar surface area (TPSA) is 77.5 Å². The smallest absolute Gasteiger partial charge is 0.237 e. The standard InChI is InChI=1S/C11H18N2O3/c1-8(10-4-3-6-16-10)13-11(14)9(12)5-7-15-2/h3-4,6,8-9H,5,7,12H2,1-2H3,(H,13,14)/t8-,9?/m1/s1. The number of furan rings is 1. The van der Waals surface area contributed by atoms with Gasteiger partial charge < -0.3 is 20.2 Å². The van der Waals surface area contributed by atoms with Gasteiger partial charge in [-0.3, -0.25) is 4.79 Å². The fourth-order valence-electron chi connectivity index (χ4n) is 1.31. The van der Waals surface area contributed by atoms with Gasteiger partial charge in [-0.05, 0) is 25.5 Å². The Morgan fingerprint density at radius 1 is 1.69 bits per heavy atom. The highest BCUT2D eigenvalue weighted by atomic mass is 16.5. The van der Waals surface area contributed by atoms with Crippen LogP contribution >= 0.6 is 0 Å². The summed E-state index contributed by atoms with van der Waals surface area (Å²) in [7, 11) is 1.58. The van der Waals surface area contributed by atoms with Crippen molar-refractivity contribution in [2.24, 2.45) is 5.73 Å². The number of amides is 1. The van der Waals surface area contributed by atoms with E-state index in [0.717, 1.165) is 0 Å². The number of rotatable bonds is 6. The monoisotopic (exact) mass is 226 g/mol. The van der Waals surface area contributed by atoms with Crippen molar-refractivity contribution in [2.75, 3.05) is 13.7 Å². The van der Waals surface area contributed by atoms with E-state index in [0.29, 0.717) is 18.8 Å². The molecule has 2 atom stereocenters. The Balaban J connectivity index is 2.39. The van der Waals surface area contributed by atoms with Gasteiger partial charge in [0.05, 0.1) is 18.3 Å². The van der Waals surface area contributed by atoms with Crippen LogP contribution in [0.25, 0.3) is 0 Å². The van der Waals surface area contributed by atoms with Crippen molar-refractivity contribution in [2.45, 2.75) is 25.4 Å². The maximum absolute atomic E-state index is 11.6. The summed E-state index contributed by atoms with van der Waals surface area (Å²) in [5.74, 6) is 0.522. The van der Waals surface area contributed by atoms with E-state index in [1.807, 2.05) is 13.0 Å². The first-order chi connectivity index (χ1) is 7.65. The molecule has 0 bridgehead atoms. The molecular formula is C11H18N2O3. The first-order valence-corrected chi connectivity index (χ1v) is 5.23. The van der Waals surface area contributed by atoms with Crippen LogP contribution in [0.4, 0.5) is 0 Å². The minimum atomic E-state index is -0.544. The van der Waals surface area contributed by atoms with E-state index in [4.69, 9.17) is 14.9 Å². The summed E-state index contributed by atoms with van der Waals surface area (Å²) in [6.45, 7) is 2.32. The molecule has 90 valence electrons. The predicted molar refractivity (Wildman–Crippen MR) is 59.7 cm³/mol. The first kappa shape index (κ1) is 12.7. The predicted octanol–water partition coefficient (Wildman–Crippen LogP) is 0.821. The van der Waals surface area contributed by atoms with Crippen LogP contribution in [0.1, 0.15) is 25.1 Å². The minimum Gasteiger partial charge on any atom is -0.467 e. The summed E-state index contributed by atoms with van der Waals surface area (Å²) < 4.78 is 10.0. The second-order valence-electron chi connectivity index (χ2n) is 3.63. The summed E-state index contributed by atoms with van der Waals surface area (Å²) in [6.07, 6.45) is 2.08. The SMILES string of the molecule is COCCC(N)C(=O)N[C@H](C)c1ccco1. The van der Waals surface area contributed by atoms with Gasteiger partial charge >= 0.3 is 0 Å². The number of nitrogens with two attached hydrogens (primary N) is 1. The average Bonchev–Trinajstić information content (AvgIpc) is 2.79. The summed E-state index contributed by atoms with van der Waals surface area (Å²) in [5.41, 5.74) is 5.68. The number of ether oxygens (including phenoxy) is 1. The summed E-state index contributed by atoms with van der Waals surface area (Å²) >= 11 is 0. The Kier molecular flexibility index (Phi) is 5.01. The Morgan fingerprint density at radius 2 is 2.44 bits per heavy atom. The second-order valence-corrected chi connectivity index (χ2v) is 3.63. The lowest BCUT2D eigenvalue weighted by Crippen LogP contribution is -2.42. The van der Waals surface area contributed by atoms with Crippen molar-refractivity contribution >= 4 is 5.91 Å². The van der Waals surface area contributed by atoms with Crippen LogP contribution in [0, 0.1) is 0 Å². The maximum atomic E-state index is 11.6. The van der Waals surface area contributed by atoms with Gasteiger partial charge in [0, 0.05) is 13.7 Å². The van der Waals surface area contributed by atoms with Gasteiger partial charge in [0.25, 0.3) is 0 Å². The second kappa shape index (κ2) is 6.30. The Labute approximate surface area is 94.9 Å². The minimum absolute atomic E-state index is 0.170. The molecule has 5 nitrogen and oxygen atoms in total. The quantitative estimate of drug-likeness (QED) is 0.752. The van der Waals surface area contributed by atoms with E-state index in [1.165, 1.54) is 0 Å². The van der Waals surface area contributed by atoms with Gasteiger partial charge in [0.1, 0.15) is 5.76 Å². The molecule has 0 radical (unpaired) electrons. The molecule has 0 fully saturated rings. The number of carbonyl (C=O) groups is 1. The van der Waals surface area contributed by atoms with E-state index in [1.54, 1.807) is 19.4 Å². The molecule has 0 saturated heterocycles. The van der Waals surface area contributed by atoms with Crippen molar-refractivity contribution in [1.29, 1.82) is 0 Å². The molecule has 0 aliphatic carbocycles. The molecule has 0 saturated carbocycles. The molecule has 1 aromatic heterocycles. The molecule has 0 spiro atoms. The van der Waals surface area contributed by atoms with Crippen molar-refractivity contribution in [3.8, 4) is 0 Å². The van der Waals surface area contributed by atoms with Crippen LogP contribution in [0.3, 0.4) is 0 Å². The van der Waals surface area contributed by atoms with Crippen LogP contribution < -0.4 is 11.1 Å². The average molecular weight is 226 g/mol. The van der Waals surface area contributed by atoms with Gasteiger partial charge in [-0.15, -0.1) is 0 Å². The Bertz CT molecular complexity index is 311. The third kappa shape index (κ3) is 3.67. The van der Waals surface area contributed by atoms with Crippen LogP contribution in [-0.4, -0.2) is 25.7 Å². The summed E-state index contributed by atoms with van der Waals surface area (Å²) in [6, 6.07) is 2.88. The van der Waals surface area contributed by atoms with Crippen molar-refractivity contribution < 1.29 is 13.9 Å². The van der Waals surface area contributed by atoms with E-state index >= 15 is 0 Å². The van der Waals surface area contributed by atoms with Crippen LogP contribution in [0.5, 0.6) is 0 Å². The lowest BCUT2D eigenvalue weighted by Gasteiger charge is -2.15. The van der Waals surface area contributed by atoms with Gasteiger partial charge in [-0.25, -0.2) is 0 Å². The number of nitrogens with one attached hydrogen (secondary N) is 1. The fourth-order valence-corrected chi connectivity index (χ4v) is 1.31. The molecular weight excluding hydrogens is 208 g/mol.